The predicted molar refractivity (Wildman–Crippen MR) is 61.7 cm³/mol. The molecule has 2 aromatic heterocycles. The Hall–Kier alpha value is -1.80. The van der Waals surface area contributed by atoms with E-state index in [1.54, 1.807) is 11.6 Å². The molecule has 0 fully saturated rings. The van der Waals surface area contributed by atoms with Crippen LogP contribution in [0.5, 0.6) is 0 Å². The molecule has 0 aromatic carbocycles. The highest BCUT2D eigenvalue weighted by atomic mass is 32.1. The molecule has 0 amide bonds. The van der Waals surface area contributed by atoms with Crippen molar-refractivity contribution in [2.24, 2.45) is 5.73 Å². The summed E-state index contributed by atoms with van der Waals surface area (Å²) in [6, 6.07) is 0. The molecule has 0 spiro atoms. The van der Waals surface area contributed by atoms with Crippen LogP contribution in [-0.2, 0) is 6.54 Å². The van der Waals surface area contributed by atoms with Gasteiger partial charge in [-0.25, -0.2) is 23.4 Å². The first-order valence-electron chi connectivity index (χ1n) is 4.78. The highest BCUT2D eigenvalue weighted by Crippen LogP contribution is 2.07. The van der Waals surface area contributed by atoms with Gasteiger partial charge in [-0.05, 0) is 5.57 Å². The monoisotopic (exact) mass is 255 g/mol. The third-order valence-electron chi connectivity index (χ3n) is 2.13. The molecule has 6 nitrogen and oxygen atoms in total. The van der Waals surface area contributed by atoms with Crippen LogP contribution in [0, 0.1) is 0 Å². The Morgan fingerprint density at radius 2 is 2.47 bits per heavy atom. The Labute approximate surface area is 99.8 Å². The van der Waals surface area contributed by atoms with Crippen LogP contribution in [0.15, 0.2) is 34.6 Å². The number of nitrogens with two attached hydrogens (primary N) is 1. The maximum Gasteiger partial charge on any atom is 0.352 e. The topological polar surface area (TPSA) is 78.7 Å². The maximum atomic E-state index is 12.4. The van der Waals surface area contributed by atoms with Gasteiger partial charge in [0.15, 0.2) is 5.13 Å². The molecule has 0 aliphatic heterocycles. The van der Waals surface area contributed by atoms with Gasteiger partial charge in [0.2, 0.25) is 0 Å². The van der Waals surface area contributed by atoms with Gasteiger partial charge < -0.3 is 5.73 Å². The van der Waals surface area contributed by atoms with Crippen LogP contribution < -0.4 is 11.4 Å². The zero-order chi connectivity index (χ0) is 12.3. The molecule has 8 heteroatoms. The number of halogens is 1. The molecule has 2 heterocycles. The van der Waals surface area contributed by atoms with Crippen molar-refractivity contribution in [1.82, 2.24) is 19.3 Å². The largest absolute Gasteiger partial charge is 0.352 e. The first-order valence-corrected chi connectivity index (χ1v) is 5.66. The lowest BCUT2D eigenvalue weighted by Gasteiger charge is -2.00. The summed E-state index contributed by atoms with van der Waals surface area (Å²) >= 11 is 1.32. The van der Waals surface area contributed by atoms with Crippen LogP contribution in [0.25, 0.3) is 5.13 Å². The number of rotatable bonds is 4. The summed E-state index contributed by atoms with van der Waals surface area (Å²) in [4.78, 5) is 15.9. The molecule has 0 aliphatic carbocycles. The van der Waals surface area contributed by atoms with Gasteiger partial charge >= 0.3 is 5.69 Å². The standard InChI is InChI=1S/C9H10FN5OS/c10-3-7(4-11)5-15-9(16)14(6-13-15)8-12-1-2-17-8/h1-3,6H,4-5,11H2/b7-3-. The van der Waals surface area contributed by atoms with E-state index >= 15 is 0 Å². The van der Waals surface area contributed by atoms with Crippen molar-refractivity contribution in [1.29, 1.82) is 0 Å². The molecule has 0 radical (unpaired) electrons. The Balaban J connectivity index is 2.31. The van der Waals surface area contributed by atoms with Crippen LogP contribution in [-0.4, -0.2) is 25.9 Å². The molecule has 0 atom stereocenters. The molecule has 0 aliphatic rings. The second-order valence-corrected chi connectivity index (χ2v) is 4.10. The quantitative estimate of drug-likeness (QED) is 0.852. The van der Waals surface area contributed by atoms with Crippen LogP contribution >= 0.6 is 11.3 Å². The molecular formula is C9H10FN5OS. The number of aromatic nitrogens is 4. The van der Waals surface area contributed by atoms with Crippen molar-refractivity contribution in [2.45, 2.75) is 6.54 Å². The van der Waals surface area contributed by atoms with E-state index in [9.17, 15) is 9.18 Å². The predicted octanol–water partition coefficient (Wildman–Crippen LogP) is 0.303. The van der Waals surface area contributed by atoms with Gasteiger partial charge in [0.1, 0.15) is 6.33 Å². The summed E-state index contributed by atoms with van der Waals surface area (Å²) in [5, 5.41) is 6.16. The molecule has 0 saturated carbocycles. The summed E-state index contributed by atoms with van der Waals surface area (Å²) in [5.74, 6) is 0. The molecule has 0 unspecified atom stereocenters. The van der Waals surface area contributed by atoms with Crippen molar-refractivity contribution < 1.29 is 4.39 Å². The van der Waals surface area contributed by atoms with Gasteiger partial charge in [-0.15, -0.1) is 11.3 Å². The van der Waals surface area contributed by atoms with Gasteiger partial charge in [-0.2, -0.15) is 5.10 Å². The number of hydrogen-bond acceptors (Lipinski definition) is 5. The third kappa shape index (κ3) is 2.32. The summed E-state index contributed by atoms with van der Waals surface area (Å²) < 4.78 is 14.8. The van der Waals surface area contributed by atoms with E-state index in [4.69, 9.17) is 5.73 Å². The van der Waals surface area contributed by atoms with Crippen LogP contribution in [0.4, 0.5) is 4.39 Å². The number of hydrogen-bond donors (Lipinski definition) is 1. The molecule has 90 valence electrons. The lowest BCUT2D eigenvalue weighted by atomic mass is 10.3. The fourth-order valence-corrected chi connectivity index (χ4v) is 1.85. The first kappa shape index (κ1) is 11.7. The van der Waals surface area contributed by atoms with E-state index in [0.717, 1.165) is 4.68 Å². The normalized spacial score (nSPS) is 12.0. The summed E-state index contributed by atoms with van der Waals surface area (Å²) in [6.07, 6.45) is 3.35. The van der Waals surface area contributed by atoms with E-state index in [1.807, 2.05) is 0 Å². The molecule has 17 heavy (non-hydrogen) atoms. The number of nitrogens with zero attached hydrogens (tertiary/aromatic N) is 4. The van der Waals surface area contributed by atoms with Crippen molar-refractivity contribution in [2.75, 3.05) is 6.54 Å². The van der Waals surface area contributed by atoms with Gasteiger partial charge in [-0.3, -0.25) is 0 Å². The second-order valence-electron chi connectivity index (χ2n) is 3.23. The van der Waals surface area contributed by atoms with Gasteiger partial charge in [0.25, 0.3) is 0 Å². The minimum atomic E-state index is -0.368. The molecular weight excluding hydrogens is 245 g/mol. The van der Waals surface area contributed by atoms with E-state index in [0.29, 0.717) is 17.0 Å². The minimum Gasteiger partial charge on any atom is -0.327 e. The van der Waals surface area contributed by atoms with E-state index < -0.39 is 0 Å². The Bertz CT molecular complexity index is 570. The maximum absolute atomic E-state index is 12.4. The van der Waals surface area contributed by atoms with Gasteiger partial charge in [0, 0.05) is 18.1 Å². The lowest BCUT2D eigenvalue weighted by molar-refractivity contribution is 0.612. The van der Waals surface area contributed by atoms with Crippen molar-refractivity contribution in [3.63, 3.8) is 0 Å². The smallest absolute Gasteiger partial charge is 0.327 e. The minimum absolute atomic E-state index is 0.0458. The van der Waals surface area contributed by atoms with Crippen LogP contribution in [0.1, 0.15) is 0 Å². The second kappa shape index (κ2) is 5.02. The Kier molecular flexibility index (Phi) is 3.45. The van der Waals surface area contributed by atoms with Crippen molar-refractivity contribution >= 4 is 11.3 Å². The zero-order valence-corrected chi connectivity index (χ0v) is 9.60. The van der Waals surface area contributed by atoms with Crippen molar-refractivity contribution in [3.8, 4) is 5.13 Å². The van der Waals surface area contributed by atoms with Crippen LogP contribution in [0.3, 0.4) is 0 Å². The van der Waals surface area contributed by atoms with Crippen LogP contribution in [0.2, 0.25) is 0 Å². The molecule has 0 saturated heterocycles. The SMILES string of the molecule is NC/C(=C/F)Cn1ncn(-c2nccs2)c1=O. The molecule has 0 bridgehead atoms. The fourth-order valence-electron chi connectivity index (χ4n) is 1.25. The lowest BCUT2D eigenvalue weighted by Crippen LogP contribution is -2.25. The summed E-state index contributed by atoms with van der Waals surface area (Å²) in [6.45, 7) is 0.0945. The number of thiazole rings is 1. The highest BCUT2D eigenvalue weighted by molar-refractivity contribution is 7.12. The van der Waals surface area contributed by atoms with Gasteiger partial charge in [0.05, 0.1) is 12.9 Å². The fraction of sp³-hybridized carbons (Fsp3) is 0.222. The highest BCUT2D eigenvalue weighted by Gasteiger charge is 2.09. The summed E-state index contributed by atoms with van der Waals surface area (Å²) in [5.41, 5.74) is 5.25. The van der Waals surface area contributed by atoms with Gasteiger partial charge in [-0.1, -0.05) is 0 Å². The first-order chi connectivity index (χ1) is 8.26. The Morgan fingerprint density at radius 1 is 1.65 bits per heavy atom. The molecule has 2 aromatic rings. The van der Waals surface area contributed by atoms with Crippen molar-refractivity contribution in [3.05, 3.63) is 40.3 Å². The molecule has 2 rings (SSSR count). The van der Waals surface area contributed by atoms with E-state index in [2.05, 4.69) is 10.1 Å². The average molecular weight is 255 g/mol. The molecule has 2 N–H and O–H groups in total. The average Bonchev–Trinajstić information content (AvgIpc) is 2.96. The van der Waals surface area contributed by atoms with E-state index in [1.165, 1.54) is 22.2 Å². The summed E-state index contributed by atoms with van der Waals surface area (Å²) in [7, 11) is 0. The third-order valence-corrected chi connectivity index (χ3v) is 2.90. The van der Waals surface area contributed by atoms with E-state index in [-0.39, 0.29) is 18.8 Å². The zero-order valence-electron chi connectivity index (χ0n) is 8.78. The Morgan fingerprint density at radius 3 is 3.06 bits per heavy atom.